The van der Waals surface area contributed by atoms with E-state index in [0.29, 0.717) is 4.88 Å². The number of thiophene rings is 1. The zero-order chi connectivity index (χ0) is 6.69. The third-order valence-corrected chi connectivity index (χ3v) is 1.82. The van der Waals surface area contributed by atoms with Crippen LogP contribution < -0.4 is 0 Å². The summed E-state index contributed by atoms with van der Waals surface area (Å²) < 4.78 is 12.5. The summed E-state index contributed by atoms with van der Waals surface area (Å²) in [5.74, 6) is -0.127. The van der Waals surface area contributed by atoms with E-state index >= 15 is 0 Å². The Labute approximate surface area is 57.6 Å². The minimum absolute atomic E-state index is 0.127. The van der Waals surface area contributed by atoms with Crippen LogP contribution in [0.15, 0.2) is 17.5 Å². The average molecular weight is 142 g/mol. The molecule has 0 atom stereocenters. The maximum Gasteiger partial charge on any atom is 0.141 e. The molecule has 0 unspecified atom stereocenters. The maximum absolute atomic E-state index is 12.5. The molecule has 0 aliphatic carbocycles. The molecule has 0 amide bonds. The van der Waals surface area contributed by atoms with Crippen LogP contribution in [-0.4, -0.2) is 0 Å². The van der Waals surface area contributed by atoms with Gasteiger partial charge in [0.05, 0.1) is 4.88 Å². The first-order valence-corrected chi connectivity index (χ1v) is 3.58. The molecule has 9 heavy (non-hydrogen) atoms. The highest BCUT2D eigenvalue weighted by Gasteiger charge is 1.95. The van der Waals surface area contributed by atoms with E-state index in [4.69, 9.17) is 0 Å². The van der Waals surface area contributed by atoms with E-state index in [1.807, 2.05) is 13.0 Å². The van der Waals surface area contributed by atoms with Crippen LogP contribution in [-0.2, 0) is 0 Å². The van der Waals surface area contributed by atoms with Gasteiger partial charge in [0.25, 0.3) is 0 Å². The van der Waals surface area contributed by atoms with Crippen molar-refractivity contribution in [1.29, 1.82) is 0 Å². The molecule has 0 radical (unpaired) electrons. The van der Waals surface area contributed by atoms with Crippen LogP contribution in [0.1, 0.15) is 11.8 Å². The van der Waals surface area contributed by atoms with Gasteiger partial charge in [-0.1, -0.05) is 6.08 Å². The third-order valence-electron chi connectivity index (χ3n) is 0.963. The second-order valence-corrected chi connectivity index (χ2v) is 2.58. The van der Waals surface area contributed by atoms with E-state index in [-0.39, 0.29) is 5.82 Å². The Morgan fingerprint density at radius 2 is 2.44 bits per heavy atom. The van der Waals surface area contributed by atoms with Gasteiger partial charge in [-0.2, -0.15) is 0 Å². The molecule has 0 spiro atoms. The molecular weight excluding hydrogens is 135 g/mol. The van der Waals surface area contributed by atoms with Gasteiger partial charge in [0, 0.05) is 0 Å². The monoisotopic (exact) mass is 142 g/mol. The van der Waals surface area contributed by atoms with Gasteiger partial charge in [0.2, 0.25) is 0 Å². The van der Waals surface area contributed by atoms with Crippen molar-refractivity contribution < 1.29 is 4.39 Å². The lowest BCUT2D eigenvalue weighted by atomic mass is 10.4. The third kappa shape index (κ3) is 1.39. The number of rotatable bonds is 1. The topological polar surface area (TPSA) is 0 Å². The molecule has 2 heteroatoms. The van der Waals surface area contributed by atoms with Gasteiger partial charge >= 0.3 is 0 Å². The van der Waals surface area contributed by atoms with Crippen LogP contribution in [0, 0.1) is 5.82 Å². The van der Waals surface area contributed by atoms with Crippen LogP contribution in [0.2, 0.25) is 0 Å². The Morgan fingerprint density at radius 1 is 1.67 bits per heavy atom. The Hall–Kier alpha value is -0.630. The Bertz CT molecular complexity index is 212. The summed E-state index contributed by atoms with van der Waals surface area (Å²) in [4.78, 5) is 0.706. The standard InChI is InChI=1S/C7H7FS/c1-2-3-7-6(8)4-5-9-7/h2-5H,1H3/b3-2+. The van der Waals surface area contributed by atoms with Gasteiger partial charge in [0.1, 0.15) is 5.82 Å². The smallest absolute Gasteiger partial charge is 0.141 e. The fourth-order valence-corrected chi connectivity index (χ4v) is 1.31. The van der Waals surface area contributed by atoms with Crippen LogP contribution in [0.3, 0.4) is 0 Å². The van der Waals surface area contributed by atoms with E-state index < -0.39 is 0 Å². The Kier molecular flexibility index (Phi) is 2.01. The first-order chi connectivity index (χ1) is 4.34. The molecule has 0 aromatic carbocycles. The summed E-state index contributed by atoms with van der Waals surface area (Å²) >= 11 is 1.41. The quantitative estimate of drug-likeness (QED) is 0.565. The van der Waals surface area contributed by atoms with E-state index in [9.17, 15) is 4.39 Å². The van der Waals surface area contributed by atoms with E-state index in [0.717, 1.165) is 0 Å². The number of hydrogen-bond acceptors (Lipinski definition) is 1. The predicted molar refractivity (Wildman–Crippen MR) is 39.0 cm³/mol. The maximum atomic E-state index is 12.5. The predicted octanol–water partition coefficient (Wildman–Crippen LogP) is 2.92. The Balaban J connectivity index is 2.94. The van der Waals surface area contributed by atoms with Gasteiger partial charge in [0.15, 0.2) is 0 Å². The highest BCUT2D eigenvalue weighted by molar-refractivity contribution is 7.10. The number of halogens is 1. The fraction of sp³-hybridized carbons (Fsp3) is 0.143. The molecule has 0 saturated carbocycles. The number of allylic oxidation sites excluding steroid dienone is 1. The first kappa shape index (κ1) is 6.49. The molecule has 1 heterocycles. The van der Waals surface area contributed by atoms with Gasteiger partial charge in [-0.15, -0.1) is 11.3 Å². The highest BCUT2D eigenvalue weighted by atomic mass is 32.1. The minimum atomic E-state index is -0.127. The molecule has 0 N–H and O–H groups in total. The lowest BCUT2D eigenvalue weighted by Gasteiger charge is -1.80. The SMILES string of the molecule is C/C=C/c1sccc1F. The average Bonchev–Trinajstić information content (AvgIpc) is 2.18. The summed E-state index contributed by atoms with van der Waals surface area (Å²) in [6.45, 7) is 1.87. The molecule has 1 rings (SSSR count). The second-order valence-electron chi connectivity index (χ2n) is 1.63. The van der Waals surface area contributed by atoms with Crippen molar-refractivity contribution in [2.45, 2.75) is 6.92 Å². The molecule has 0 aliphatic rings. The summed E-state index contributed by atoms with van der Waals surface area (Å²) in [7, 11) is 0. The van der Waals surface area contributed by atoms with Crippen molar-refractivity contribution in [3.05, 3.63) is 28.2 Å². The van der Waals surface area contributed by atoms with Crippen LogP contribution in [0.5, 0.6) is 0 Å². The fourth-order valence-electron chi connectivity index (χ4n) is 0.576. The van der Waals surface area contributed by atoms with Crippen molar-refractivity contribution in [2.24, 2.45) is 0 Å². The van der Waals surface area contributed by atoms with E-state index in [1.165, 1.54) is 17.4 Å². The van der Waals surface area contributed by atoms with Crippen molar-refractivity contribution in [1.82, 2.24) is 0 Å². The summed E-state index contributed by atoms with van der Waals surface area (Å²) in [6, 6.07) is 1.47. The normalized spacial score (nSPS) is 10.9. The van der Waals surface area contributed by atoms with Crippen molar-refractivity contribution in [2.75, 3.05) is 0 Å². The van der Waals surface area contributed by atoms with Crippen molar-refractivity contribution >= 4 is 17.4 Å². The second kappa shape index (κ2) is 2.78. The zero-order valence-corrected chi connectivity index (χ0v) is 5.91. The van der Waals surface area contributed by atoms with Gasteiger partial charge in [-0.25, -0.2) is 4.39 Å². The van der Waals surface area contributed by atoms with Gasteiger partial charge in [-0.3, -0.25) is 0 Å². The molecular formula is C7H7FS. The molecule has 0 fully saturated rings. The van der Waals surface area contributed by atoms with Gasteiger partial charge in [-0.05, 0) is 24.4 Å². The largest absolute Gasteiger partial charge is 0.205 e. The lowest BCUT2D eigenvalue weighted by Crippen LogP contribution is -1.65. The summed E-state index contributed by atoms with van der Waals surface area (Å²) in [5, 5.41) is 1.74. The highest BCUT2D eigenvalue weighted by Crippen LogP contribution is 2.15. The molecule has 0 bridgehead atoms. The molecule has 0 nitrogen and oxygen atoms in total. The van der Waals surface area contributed by atoms with E-state index in [1.54, 1.807) is 11.5 Å². The molecule has 48 valence electrons. The molecule has 0 saturated heterocycles. The van der Waals surface area contributed by atoms with E-state index in [2.05, 4.69) is 0 Å². The molecule has 1 aromatic rings. The minimum Gasteiger partial charge on any atom is -0.205 e. The molecule has 1 aromatic heterocycles. The molecule has 0 aliphatic heterocycles. The van der Waals surface area contributed by atoms with Crippen LogP contribution >= 0.6 is 11.3 Å². The first-order valence-electron chi connectivity index (χ1n) is 2.70. The summed E-state index contributed by atoms with van der Waals surface area (Å²) in [6.07, 6.45) is 3.59. The van der Waals surface area contributed by atoms with Crippen molar-refractivity contribution in [3.8, 4) is 0 Å². The zero-order valence-electron chi connectivity index (χ0n) is 5.10. The number of hydrogen-bond donors (Lipinski definition) is 0. The Morgan fingerprint density at radius 3 is 2.89 bits per heavy atom. The van der Waals surface area contributed by atoms with Crippen LogP contribution in [0.25, 0.3) is 6.08 Å². The van der Waals surface area contributed by atoms with Crippen LogP contribution in [0.4, 0.5) is 4.39 Å². The lowest BCUT2D eigenvalue weighted by molar-refractivity contribution is 0.631. The summed E-state index contributed by atoms with van der Waals surface area (Å²) in [5.41, 5.74) is 0. The van der Waals surface area contributed by atoms with Crippen molar-refractivity contribution in [3.63, 3.8) is 0 Å². The van der Waals surface area contributed by atoms with Gasteiger partial charge < -0.3 is 0 Å².